The smallest absolute Gasteiger partial charge is 0.392 e. The van der Waals surface area contributed by atoms with Crippen molar-refractivity contribution in [1.29, 1.82) is 0 Å². The minimum atomic E-state index is -4.21. The second-order valence-electron chi connectivity index (χ2n) is 11.0. The number of carbonyl (C=O) groups excluding carboxylic acids is 2. The summed E-state index contributed by atoms with van der Waals surface area (Å²) in [4.78, 5) is 25.6. The fraction of sp³-hybridized carbons (Fsp3) is 0.917. The number of hydrogen-bond donors (Lipinski definition) is 4. The molecule has 11 heteroatoms. The quantitative estimate of drug-likeness (QED) is 0.397. The normalized spacial score (nSPS) is 39.7. The molecule has 1 heterocycles. The Bertz CT molecular complexity index is 756. The summed E-state index contributed by atoms with van der Waals surface area (Å²) in [5, 5.41) is 19.7. The minimum absolute atomic E-state index is 0.0356. The molecule has 5 rings (SSSR count). The van der Waals surface area contributed by atoms with Gasteiger partial charge in [-0.25, -0.2) is 4.39 Å². The lowest BCUT2D eigenvalue weighted by Crippen LogP contribution is -2.66. The van der Waals surface area contributed by atoms with E-state index in [2.05, 4.69) is 16.0 Å². The van der Waals surface area contributed by atoms with E-state index in [0.29, 0.717) is 57.8 Å². The molecule has 1 saturated heterocycles. The second-order valence-corrected chi connectivity index (χ2v) is 11.0. The van der Waals surface area contributed by atoms with Crippen LogP contribution in [-0.2, 0) is 14.3 Å². The summed E-state index contributed by atoms with van der Waals surface area (Å²) in [6, 6.07) is -0.225. The van der Waals surface area contributed by atoms with Gasteiger partial charge in [-0.2, -0.15) is 13.2 Å². The molecule has 0 spiro atoms. The molecule has 2 bridgehead atoms. The maximum Gasteiger partial charge on any atom is 0.393 e. The fourth-order valence-corrected chi connectivity index (χ4v) is 6.31. The average Bonchev–Trinajstić information content (AvgIpc) is 2.82. The standard InChI is InChI=1S/C24H37F4N3O4/c25-16-2-5-18(6-3-16)35-14-20(33)31-22-7-9-23(10-8-22,19(32)11-22)21(34)30-13-17-4-1-15(12-29-17)24(26,27)28/h15-19,29,32H,1-14H2,(H,30,34)(H,31,33). The van der Waals surface area contributed by atoms with Gasteiger partial charge in [-0.15, -0.1) is 0 Å². The Morgan fingerprint density at radius 1 is 1.03 bits per heavy atom. The third kappa shape index (κ3) is 6.10. The molecule has 5 fully saturated rings. The Labute approximate surface area is 203 Å². The highest BCUT2D eigenvalue weighted by Crippen LogP contribution is 2.52. The number of rotatable bonds is 7. The number of fused-ring (bicyclic) bond motifs is 3. The van der Waals surface area contributed by atoms with E-state index in [1.165, 1.54) is 0 Å². The van der Waals surface area contributed by atoms with E-state index in [1.807, 2.05) is 0 Å². The number of halogens is 4. The first-order valence-corrected chi connectivity index (χ1v) is 12.8. The third-order valence-corrected chi connectivity index (χ3v) is 8.72. The first kappa shape index (κ1) is 26.6. The van der Waals surface area contributed by atoms with Crippen molar-refractivity contribution in [3.8, 4) is 0 Å². The molecule has 4 N–H and O–H groups in total. The summed E-state index contributed by atoms with van der Waals surface area (Å²) >= 11 is 0. The molecule has 7 nitrogen and oxygen atoms in total. The van der Waals surface area contributed by atoms with Crippen molar-refractivity contribution in [2.24, 2.45) is 11.3 Å². The van der Waals surface area contributed by atoms with Crippen LogP contribution in [0.2, 0.25) is 0 Å². The van der Waals surface area contributed by atoms with Crippen LogP contribution in [0.15, 0.2) is 0 Å². The molecule has 0 aromatic heterocycles. The SMILES string of the molecule is O=C(COC1CCC(F)CC1)NC12CCC(C(=O)NCC3CCC(C(F)(F)F)CN3)(CC1)C(O)C2. The van der Waals surface area contributed by atoms with Gasteiger partial charge in [0.1, 0.15) is 12.8 Å². The van der Waals surface area contributed by atoms with E-state index in [4.69, 9.17) is 4.74 Å². The van der Waals surface area contributed by atoms with E-state index in [1.54, 1.807) is 0 Å². The number of alkyl halides is 4. The van der Waals surface area contributed by atoms with Crippen LogP contribution in [0.4, 0.5) is 17.6 Å². The zero-order chi connectivity index (χ0) is 25.3. The fourth-order valence-electron chi connectivity index (χ4n) is 6.31. The van der Waals surface area contributed by atoms with Gasteiger partial charge in [-0.3, -0.25) is 9.59 Å². The molecule has 4 saturated carbocycles. The van der Waals surface area contributed by atoms with Crippen molar-refractivity contribution in [1.82, 2.24) is 16.0 Å². The molecule has 4 aliphatic carbocycles. The number of amides is 2. The number of hydrogen-bond acceptors (Lipinski definition) is 5. The number of ether oxygens (including phenoxy) is 1. The lowest BCUT2D eigenvalue weighted by atomic mass is 9.55. The molecule has 2 amide bonds. The van der Waals surface area contributed by atoms with Gasteiger partial charge in [0.25, 0.3) is 0 Å². The summed E-state index contributed by atoms with van der Waals surface area (Å²) in [5.41, 5.74) is -1.51. The van der Waals surface area contributed by atoms with Gasteiger partial charge < -0.3 is 25.8 Å². The molecular weight excluding hydrogens is 470 g/mol. The molecular formula is C24H37F4N3O4. The molecule has 0 radical (unpaired) electrons. The van der Waals surface area contributed by atoms with E-state index in [0.717, 1.165) is 0 Å². The maximum absolute atomic E-state index is 13.3. The van der Waals surface area contributed by atoms with Crippen LogP contribution in [0.1, 0.15) is 70.6 Å². The van der Waals surface area contributed by atoms with Crippen LogP contribution in [0.3, 0.4) is 0 Å². The molecule has 0 aromatic carbocycles. The molecule has 3 unspecified atom stereocenters. The Hall–Kier alpha value is -1.46. The van der Waals surface area contributed by atoms with E-state index >= 15 is 0 Å². The lowest BCUT2D eigenvalue weighted by Gasteiger charge is -2.55. The number of aliphatic hydroxyl groups excluding tert-OH is 1. The number of aliphatic hydroxyl groups is 1. The number of piperidine rings is 1. The van der Waals surface area contributed by atoms with E-state index in [-0.39, 0.29) is 56.5 Å². The Balaban J connectivity index is 1.22. The second kappa shape index (κ2) is 10.5. The molecule has 0 aromatic rings. The zero-order valence-electron chi connectivity index (χ0n) is 20.0. The highest BCUT2D eigenvalue weighted by Gasteiger charge is 2.58. The topological polar surface area (TPSA) is 99.7 Å². The van der Waals surface area contributed by atoms with Gasteiger partial charge in [0, 0.05) is 24.7 Å². The van der Waals surface area contributed by atoms with Crippen molar-refractivity contribution in [2.75, 3.05) is 19.7 Å². The van der Waals surface area contributed by atoms with Crippen LogP contribution in [-0.4, -0.2) is 72.8 Å². The van der Waals surface area contributed by atoms with Crippen LogP contribution in [0.25, 0.3) is 0 Å². The van der Waals surface area contributed by atoms with Gasteiger partial charge in [0.2, 0.25) is 11.8 Å². The predicted octanol–water partition coefficient (Wildman–Crippen LogP) is 2.51. The largest absolute Gasteiger partial charge is 0.393 e. The average molecular weight is 508 g/mol. The summed E-state index contributed by atoms with van der Waals surface area (Å²) < 4.78 is 57.4. The van der Waals surface area contributed by atoms with Gasteiger partial charge in [-0.05, 0) is 70.6 Å². The predicted molar refractivity (Wildman–Crippen MR) is 119 cm³/mol. The Morgan fingerprint density at radius 2 is 1.71 bits per heavy atom. The van der Waals surface area contributed by atoms with Crippen LogP contribution in [0, 0.1) is 11.3 Å². The minimum Gasteiger partial charge on any atom is -0.392 e. The van der Waals surface area contributed by atoms with Gasteiger partial charge in [-0.1, -0.05) is 0 Å². The maximum atomic E-state index is 13.3. The summed E-state index contributed by atoms with van der Waals surface area (Å²) in [5.74, 6) is -1.89. The van der Waals surface area contributed by atoms with Gasteiger partial charge in [0.15, 0.2) is 0 Å². The Kier molecular flexibility index (Phi) is 7.97. The monoisotopic (exact) mass is 507 g/mol. The van der Waals surface area contributed by atoms with Crippen molar-refractivity contribution in [2.45, 2.75) is 107 Å². The highest BCUT2D eigenvalue weighted by atomic mass is 19.4. The molecule has 35 heavy (non-hydrogen) atoms. The molecule has 1 aliphatic heterocycles. The van der Waals surface area contributed by atoms with Crippen molar-refractivity contribution in [3.63, 3.8) is 0 Å². The van der Waals surface area contributed by atoms with Crippen LogP contribution >= 0.6 is 0 Å². The van der Waals surface area contributed by atoms with Crippen molar-refractivity contribution < 1.29 is 37.0 Å². The van der Waals surface area contributed by atoms with Gasteiger partial charge >= 0.3 is 6.18 Å². The summed E-state index contributed by atoms with van der Waals surface area (Å²) in [6.45, 7) is -0.0308. The zero-order valence-corrected chi connectivity index (χ0v) is 20.0. The lowest BCUT2D eigenvalue weighted by molar-refractivity contribution is -0.179. The number of nitrogens with one attached hydrogen (secondary N) is 3. The molecule has 5 aliphatic rings. The third-order valence-electron chi connectivity index (χ3n) is 8.72. The van der Waals surface area contributed by atoms with Gasteiger partial charge in [0.05, 0.1) is 23.5 Å². The van der Waals surface area contributed by atoms with Crippen molar-refractivity contribution in [3.05, 3.63) is 0 Å². The van der Waals surface area contributed by atoms with E-state index in [9.17, 15) is 32.3 Å². The highest BCUT2D eigenvalue weighted by molar-refractivity contribution is 5.84. The summed E-state index contributed by atoms with van der Waals surface area (Å²) in [7, 11) is 0. The van der Waals surface area contributed by atoms with E-state index < -0.39 is 35.3 Å². The number of carbonyl (C=O) groups is 2. The van der Waals surface area contributed by atoms with Crippen molar-refractivity contribution >= 4 is 11.8 Å². The first-order valence-electron chi connectivity index (χ1n) is 12.8. The molecule has 200 valence electrons. The molecule has 3 atom stereocenters. The van der Waals surface area contributed by atoms with Crippen LogP contribution < -0.4 is 16.0 Å². The first-order chi connectivity index (χ1) is 16.5. The summed E-state index contributed by atoms with van der Waals surface area (Å²) in [6.07, 6.45) is -1.29. The van der Waals surface area contributed by atoms with Crippen LogP contribution in [0.5, 0.6) is 0 Å². The Morgan fingerprint density at radius 3 is 2.29 bits per heavy atom.